The van der Waals surface area contributed by atoms with Gasteiger partial charge in [-0.3, -0.25) is 4.90 Å². The van der Waals surface area contributed by atoms with E-state index in [1.807, 2.05) is 46.1 Å². The normalized spacial score (nSPS) is 17.5. The molecule has 1 aromatic rings. The van der Waals surface area contributed by atoms with Crippen LogP contribution >= 0.6 is 23.2 Å². The smallest absolute Gasteiger partial charge is 0.273 e. The fourth-order valence-corrected chi connectivity index (χ4v) is 2.09. The van der Waals surface area contributed by atoms with Gasteiger partial charge in [-0.25, -0.2) is 4.57 Å². The van der Waals surface area contributed by atoms with E-state index in [1.165, 1.54) is 0 Å². The van der Waals surface area contributed by atoms with Gasteiger partial charge in [0.15, 0.2) is 6.67 Å². The summed E-state index contributed by atoms with van der Waals surface area (Å²) in [6.07, 6.45) is 7.46. The molecular weight excluding hydrogens is 245 g/mol. The van der Waals surface area contributed by atoms with E-state index in [0.29, 0.717) is 16.7 Å². The highest BCUT2D eigenvalue weighted by Crippen LogP contribution is 2.20. The maximum absolute atomic E-state index is 5.94. The third kappa shape index (κ3) is 1.62. The van der Waals surface area contributed by atoms with E-state index >= 15 is 0 Å². The van der Waals surface area contributed by atoms with Crippen molar-refractivity contribution in [3.8, 4) is 0 Å². The lowest BCUT2D eigenvalue weighted by molar-refractivity contribution is -0.700. The van der Waals surface area contributed by atoms with Crippen LogP contribution in [-0.4, -0.2) is 10.7 Å². The number of amidine groups is 1. The number of rotatable bonds is 0. The van der Waals surface area contributed by atoms with Crippen molar-refractivity contribution in [2.75, 3.05) is 0 Å². The van der Waals surface area contributed by atoms with E-state index in [-0.39, 0.29) is 0 Å². The number of halogens is 2. The van der Waals surface area contributed by atoms with E-state index in [1.54, 1.807) is 0 Å². The van der Waals surface area contributed by atoms with Gasteiger partial charge < -0.3 is 0 Å². The Kier molecular flexibility index (Phi) is 2.23. The van der Waals surface area contributed by atoms with Crippen molar-refractivity contribution in [3.63, 3.8) is 0 Å². The molecule has 0 unspecified atom stereocenters. The summed E-state index contributed by atoms with van der Waals surface area (Å²) < 4.78 is 1.98. The second-order valence-corrected chi connectivity index (χ2v) is 4.48. The molecule has 0 bridgehead atoms. The average molecular weight is 253 g/mol. The summed E-state index contributed by atoms with van der Waals surface area (Å²) in [7, 11) is 0. The number of hydrogen-bond donors (Lipinski definition) is 0. The summed E-state index contributed by atoms with van der Waals surface area (Å²) in [5, 5.41) is 1.40. The Morgan fingerprint density at radius 3 is 3.00 bits per heavy atom. The predicted molar refractivity (Wildman–Crippen MR) is 63.7 cm³/mol. The molecular formula is C11H8Cl2N3+. The van der Waals surface area contributed by atoms with Gasteiger partial charge in [-0.1, -0.05) is 23.2 Å². The van der Waals surface area contributed by atoms with Gasteiger partial charge in [-0.05, 0) is 17.1 Å². The van der Waals surface area contributed by atoms with Crippen LogP contribution in [0.2, 0.25) is 5.02 Å². The molecule has 0 N–H and O–H groups in total. The highest BCUT2D eigenvalue weighted by atomic mass is 35.5. The van der Waals surface area contributed by atoms with E-state index < -0.39 is 0 Å². The monoisotopic (exact) mass is 252 g/mol. The Morgan fingerprint density at radius 1 is 1.25 bits per heavy atom. The summed E-state index contributed by atoms with van der Waals surface area (Å²) in [4.78, 5) is 6.48. The summed E-state index contributed by atoms with van der Waals surface area (Å²) in [6, 6.07) is 3.74. The minimum atomic E-state index is 0.676. The molecule has 2 aliphatic rings. The molecule has 80 valence electrons. The lowest BCUT2D eigenvalue weighted by atomic mass is 10.3. The summed E-state index contributed by atoms with van der Waals surface area (Å²) in [5.74, 6) is 1.79. The second-order valence-electron chi connectivity index (χ2n) is 3.60. The average Bonchev–Trinajstić information content (AvgIpc) is 2.26. The first-order chi connectivity index (χ1) is 7.72. The first-order valence-corrected chi connectivity index (χ1v) is 5.58. The van der Waals surface area contributed by atoms with E-state index in [9.17, 15) is 0 Å². The molecule has 3 heterocycles. The van der Waals surface area contributed by atoms with Gasteiger partial charge in [0.1, 0.15) is 6.20 Å². The zero-order valence-electron chi connectivity index (χ0n) is 8.27. The van der Waals surface area contributed by atoms with Crippen molar-refractivity contribution in [2.45, 2.75) is 6.67 Å². The molecule has 0 aliphatic carbocycles. The Hall–Kier alpha value is -1.32. The lowest BCUT2D eigenvalue weighted by Crippen LogP contribution is -2.47. The van der Waals surface area contributed by atoms with Crippen LogP contribution < -0.4 is 4.57 Å². The molecule has 0 spiro atoms. The highest BCUT2D eigenvalue weighted by Gasteiger charge is 2.26. The number of hydrogen-bond acceptors (Lipinski definition) is 2. The predicted octanol–water partition coefficient (Wildman–Crippen LogP) is 2.58. The fraction of sp³-hybridized carbons (Fsp3) is 0.0909. The van der Waals surface area contributed by atoms with Gasteiger partial charge >= 0.3 is 5.82 Å². The van der Waals surface area contributed by atoms with Crippen LogP contribution in [0.4, 0.5) is 5.82 Å². The molecule has 3 nitrogen and oxygen atoms in total. The number of nitrogens with zero attached hydrogens (tertiary/aromatic N) is 3. The van der Waals surface area contributed by atoms with E-state index in [0.717, 1.165) is 11.7 Å². The standard InChI is InChI=1S/C11H8Cl2N3/c12-8-1-3-10-14-11-4-2-9(13)6-16(11)7-15(10)5-8/h1-6H,7H2/q+1. The SMILES string of the molecule is ClC1=CN2C[n+]3cc(Cl)ccc3N=C2C=C1. The fourth-order valence-electron chi connectivity index (χ4n) is 1.73. The van der Waals surface area contributed by atoms with Crippen LogP contribution in [0.15, 0.2) is 46.7 Å². The Bertz CT molecular complexity index is 546. The van der Waals surface area contributed by atoms with Gasteiger partial charge in [0.2, 0.25) is 0 Å². The van der Waals surface area contributed by atoms with Gasteiger partial charge in [0, 0.05) is 18.3 Å². The largest absolute Gasteiger partial charge is 0.327 e. The molecule has 16 heavy (non-hydrogen) atoms. The first-order valence-electron chi connectivity index (χ1n) is 4.82. The van der Waals surface area contributed by atoms with Crippen molar-refractivity contribution in [1.82, 2.24) is 4.90 Å². The van der Waals surface area contributed by atoms with Crippen LogP contribution in [0.3, 0.4) is 0 Å². The summed E-state index contributed by atoms with van der Waals surface area (Å²) in [5.41, 5.74) is 0. The summed E-state index contributed by atoms with van der Waals surface area (Å²) in [6.45, 7) is 0.676. The Balaban J connectivity index is 2.09. The number of pyridine rings is 1. The molecule has 0 amide bonds. The number of allylic oxidation sites excluding steroid dienone is 2. The molecule has 0 fully saturated rings. The molecule has 5 heteroatoms. The maximum Gasteiger partial charge on any atom is 0.327 e. The lowest BCUT2D eigenvalue weighted by Gasteiger charge is -2.22. The van der Waals surface area contributed by atoms with Crippen molar-refractivity contribution >= 4 is 34.9 Å². The molecule has 0 saturated carbocycles. The van der Waals surface area contributed by atoms with Crippen LogP contribution in [0, 0.1) is 0 Å². The number of fused-ring (bicyclic) bond motifs is 2. The second kappa shape index (κ2) is 3.61. The van der Waals surface area contributed by atoms with Crippen molar-refractivity contribution in [2.24, 2.45) is 4.99 Å². The van der Waals surface area contributed by atoms with Crippen LogP contribution in [0.1, 0.15) is 0 Å². The van der Waals surface area contributed by atoms with Crippen molar-refractivity contribution in [3.05, 3.63) is 46.7 Å². The minimum Gasteiger partial charge on any atom is -0.273 e. The quantitative estimate of drug-likeness (QED) is 0.650. The first kappa shape index (κ1) is 9.87. The molecule has 0 saturated heterocycles. The summed E-state index contributed by atoms with van der Waals surface area (Å²) >= 11 is 11.9. The maximum atomic E-state index is 5.94. The molecule has 0 atom stereocenters. The highest BCUT2D eigenvalue weighted by molar-refractivity contribution is 6.32. The van der Waals surface area contributed by atoms with E-state index in [2.05, 4.69) is 4.99 Å². The Morgan fingerprint density at radius 2 is 2.12 bits per heavy atom. The molecule has 0 radical (unpaired) electrons. The molecule has 0 aromatic carbocycles. The molecule has 1 aromatic heterocycles. The van der Waals surface area contributed by atoms with Crippen molar-refractivity contribution < 1.29 is 4.57 Å². The van der Waals surface area contributed by atoms with Crippen LogP contribution in [-0.2, 0) is 6.67 Å². The number of aliphatic imine (C=N–C) groups is 1. The minimum absolute atomic E-state index is 0.676. The topological polar surface area (TPSA) is 19.5 Å². The van der Waals surface area contributed by atoms with E-state index in [4.69, 9.17) is 23.2 Å². The zero-order chi connectivity index (χ0) is 11.1. The Labute approximate surface area is 103 Å². The van der Waals surface area contributed by atoms with Gasteiger partial charge in [0.25, 0.3) is 5.84 Å². The van der Waals surface area contributed by atoms with Crippen LogP contribution in [0.5, 0.6) is 0 Å². The van der Waals surface area contributed by atoms with Crippen molar-refractivity contribution in [1.29, 1.82) is 0 Å². The third-order valence-corrected chi connectivity index (χ3v) is 2.91. The third-order valence-electron chi connectivity index (χ3n) is 2.46. The zero-order valence-corrected chi connectivity index (χ0v) is 9.78. The van der Waals surface area contributed by atoms with Gasteiger partial charge in [0.05, 0.1) is 10.1 Å². The van der Waals surface area contributed by atoms with Gasteiger partial charge in [-0.15, -0.1) is 0 Å². The number of aromatic nitrogens is 1. The molecule has 3 rings (SSSR count). The van der Waals surface area contributed by atoms with Crippen LogP contribution in [0.25, 0.3) is 0 Å². The molecule has 2 aliphatic heterocycles. The van der Waals surface area contributed by atoms with Gasteiger partial charge in [-0.2, -0.15) is 0 Å².